The number of hydrogen-bond acceptors (Lipinski definition) is 4. The van der Waals surface area contributed by atoms with Crippen molar-refractivity contribution < 1.29 is 14.6 Å². The summed E-state index contributed by atoms with van der Waals surface area (Å²) in [4.78, 5) is 17.7. The highest BCUT2D eigenvalue weighted by Gasteiger charge is 2.21. The van der Waals surface area contributed by atoms with Crippen LogP contribution in [0.3, 0.4) is 0 Å². The molecule has 0 aromatic carbocycles. The molecule has 3 rings (SSSR count). The van der Waals surface area contributed by atoms with Crippen LogP contribution in [0.25, 0.3) is 5.52 Å². The number of rotatable bonds is 3. The van der Waals surface area contributed by atoms with E-state index in [4.69, 9.17) is 16.3 Å². The lowest BCUT2D eigenvalue weighted by molar-refractivity contribution is 0.0329. The van der Waals surface area contributed by atoms with Gasteiger partial charge in [0.05, 0.1) is 30.3 Å². The van der Waals surface area contributed by atoms with E-state index in [9.17, 15) is 9.90 Å². The minimum Gasteiger partial charge on any atom is -0.476 e. The number of imidazole rings is 1. The van der Waals surface area contributed by atoms with Crippen molar-refractivity contribution in [2.45, 2.75) is 6.54 Å². The Hall–Kier alpha value is -1.63. The van der Waals surface area contributed by atoms with Crippen molar-refractivity contribution in [3.8, 4) is 0 Å². The standard InChI is InChI=1S/C13H14ClN3O3/c14-9-2-1-3-17-10(8-16-4-6-20-7-5-16)15-11(12(9)17)13(18)19/h1-3H,4-8H2,(H,18,19). The second kappa shape index (κ2) is 5.40. The van der Waals surface area contributed by atoms with Crippen molar-refractivity contribution in [3.05, 3.63) is 34.9 Å². The SMILES string of the molecule is O=C(O)c1nc(CN2CCOCC2)n2cccc(Cl)c12. The van der Waals surface area contributed by atoms with Crippen molar-refractivity contribution >= 4 is 23.1 Å². The molecule has 2 aromatic heterocycles. The molecule has 0 bridgehead atoms. The predicted octanol–water partition coefficient (Wildman–Crippen LogP) is 1.52. The Morgan fingerprint density at radius 2 is 2.20 bits per heavy atom. The average Bonchev–Trinajstić information content (AvgIpc) is 2.81. The number of ether oxygens (including phenoxy) is 1. The number of hydrogen-bond donors (Lipinski definition) is 1. The lowest BCUT2D eigenvalue weighted by Gasteiger charge is -2.25. The molecule has 0 spiro atoms. The van der Waals surface area contributed by atoms with Crippen LogP contribution in [0.1, 0.15) is 16.3 Å². The Morgan fingerprint density at radius 3 is 2.90 bits per heavy atom. The monoisotopic (exact) mass is 295 g/mol. The summed E-state index contributed by atoms with van der Waals surface area (Å²) in [5.41, 5.74) is 0.448. The van der Waals surface area contributed by atoms with Crippen LogP contribution in [-0.4, -0.2) is 51.7 Å². The maximum Gasteiger partial charge on any atom is 0.356 e. The highest BCUT2D eigenvalue weighted by molar-refractivity contribution is 6.34. The molecule has 2 aromatic rings. The topological polar surface area (TPSA) is 67.1 Å². The van der Waals surface area contributed by atoms with E-state index >= 15 is 0 Å². The van der Waals surface area contributed by atoms with Gasteiger partial charge in [-0.25, -0.2) is 9.78 Å². The van der Waals surface area contributed by atoms with Crippen molar-refractivity contribution in [2.24, 2.45) is 0 Å². The van der Waals surface area contributed by atoms with Gasteiger partial charge in [0.2, 0.25) is 0 Å². The van der Waals surface area contributed by atoms with Gasteiger partial charge in [-0.15, -0.1) is 0 Å². The van der Waals surface area contributed by atoms with E-state index in [1.807, 2.05) is 0 Å². The van der Waals surface area contributed by atoms with Gasteiger partial charge in [-0.05, 0) is 12.1 Å². The second-order valence-electron chi connectivity index (χ2n) is 4.65. The van der Waals surface area contributed by atoms with Crippen LogP contribution in [-0.2, 0) is 11.3 Å². The Bertz CT molecular complexity index is 650. The summed E-state index contributed by atoms with van der Waals surface area (Å²) in [5, 5.41) is 9.65. The summed E-state index contributed by atoms with van der Waals surface area (Å²) < 4.78 is 7.05. The number of morpholine rings is 1. The van der Waals surface area contributed by atoms with Gasteiger partial charge in [-0.1, -0.05) is 11.6 Å². The zero-order valence-corrected chi connectivity index (χ0v) is 11.5. The van der Waals surface area contributed by atoms with Crippen molar-refractivity contribution in [1.29, 1.82) is 0 Å². The van der Waals surface area contributed by atoms with Crippen molar-refractivity contribution in [3.63, 3.8) is 0 Å². The first kappa shape index (κ1) is 13.4. The minimum atomic E-state index is -1.07. The molecule has 1 fully saturated rings. The van der Waals surface area contributed by atoms with Gasteiger partial charge >= 0.3 is 5.97 Å². The zero-order chi connectivity index (χ0) is 14.1. The fourth-order valence-corrected chi connectivity index (χ4v) is 2.63. The molecule has 1 aliphatic rings. The molecular weight excluding hydrogens is 282 g/mol. The number of pyridine rings is 1. The molecule has 7 heteroatoms. The van der Waals surface area contributed by atoms with Crippen LogP contribution >= 0.6 is 11.6 Å². The highest BCUT2D eigenvalue weighted by atomic mass is 35.5. The Balaban J connectivity index is 2.02. The van der Waals surface area contributed by atoms with E-state index < -0.39 is 5.97 Å². The predicted molar refractivity (Wildman–Crippen MR) is 73.3 cm³/mol. The van der Waals surface area contributed by atoms with E-state index in [0.29, 0.717) is 36.1 Å². The Kier molecular flexibility index (Phi) is 3.60. The van der Waals surface area contributed by atoms with Gasteiger partial charge in [0, 0.05) is 19.3 Å². The molecule has 6 nitrogen and oxygen atoms in total. The van der Waals surface area contributed by atoms with E-state index in [1.54, 1.807) is 22.7 Å². The highest BCUT2D eigenvalue weighted by Crippen LogP contribution is 2.23. The molecule has 1 saturated heterocycles. The lowest BCUT2D eigenvalue weighted by atomic mass is 10.3. The molecule has 0 aliphatic carbocycles. The van der Waals surface area contributed by atoms with Gasteiger partial charge in [-0.3, -0.25) is 4.90 Å². The van der Waals surface area contributed by atoms with Crippen LogP contribution in [0.4, 0.5) is 0 Å². The average molecular weight is 296 g/mol. The first-order valence-electron chi connectivity index (χ1n) is 6.35. The Labute approximate surface area is 120 Å². The maximum absolute atomic E-state index is 11.3. The third kappa shape index (κ3) is 2.37. The van der Waals surface area contributed by atoms with Crippen LogP contribution < -0.4 is 0 Å². The molecule has 0 radical (unpaired) electrons. The second-order valence-corrected chi connectivity index (χ2v) is 5.05. The molecule has 20 heavy (non-hydrogen) atoms. The van der Waals surface area contributed by atoms with E-state index in [0.717, 1.165) is 13.1 Å². The lowest BCUT2D eigenvalue weighted by Crippen LogP contribution is -2.36. The van der Waals surface area contributed by atoms with Crippen molar-refractivity contribution in [2.75, 3.05) is 26.3 Å². The zero-order valence-electron chi connectivity index (χ0n) is 10.8. The number of aromatic nitrogens is 2. The third-order valence-electron chi connectivity index (χ3n) is 3.36. The smallest absolute Gasteiger partial charge is 0.356 e. The number of halogens is 1. The largest absolute Gasteiger partial charge is 0.476 e. The quantitative estimate of drug-likeness (QED) is 0.930. The summed E-state index contributed by atoms with van der Waals surface area (Å²) in [5.74, 6) is -0.384. The van der Waals surface area contributed by atoms with E-state index in [-0.39, 0.29) is 5.69 Å². The van der Waals surface area contributed by atoms with E-state index in [1.165, 1.54) is 0 Å². The molecule has 0 saturated carbocycles. The van der Waals surface area contributed by atoms with Gasteiger partial charge in [-0.2, -0.15) is 0 Å². The van der Waals surface area contributed by atoms with Gasteiger partial charge in [0.25, 0.3) is 0 Å². The fraction of sp³-hybridized carbons (Fsp3) is 0.385. The van der Waals surface area contributed by atoms with Crippen LogP contribution in [0, 0.1) is 0 Å². The number of carboxylic acid groups (broad SMARTS) is 1. The number of carbonyl (C=O) groups is 1. The number of fused-ring (bicyclic) bond motifs is 1. The number of nitrogens with zero attached hydrogens (tertiary/aromatic N) is 3. The molecule has 106 valence electrons. The van der Waals surface area contributed by atoms with Crippen LogP contribution in [0.2, 0.25) is 5.02 Å². The Morgan fingerprint density at radius 1 is 1.45 bits per heavy atom. The minimum absolute atomic E-state index is 0.00106. The molecule has 0 unspecified atom stereocenters. The summed E-state index contributed by atoms with van der Waals surface area (Å²) in [6.45, 7) is 3.60. The first-order valence-corrected chi connectivity index (χ1v) is 6.73. The number of aromatic carboxylic acids is 1. The fourth-order valence-electron chi connectivity index (χ4n) is 2.38. The van der Waals surface area contributed by atoms with Crippen LogP contribution in [0.5, 0.6) is 0 Å². The van der Waals surface area contributed by atoms with Gasteiger partial charge < -0.3 is 14.2 Å². The molecular formula is C13H14ClN3O3. The summed E-state index contributed by atoms with van der Waals surface area (Å²) in [6, 6.07) is 3.45. The molecule has 0 atom stereocenters. The van der Waals surface area contributed by atoms with Gasteiger partial charge in [0.15, 0.2) is 5.69 Å². The summed E-state index contributed by atoms with van der Waals surface area (Å²) in [7, 11) is 0. The van der Waals surface area contributed by atoms with Gasteiger partial charge in [0.1, 0.15) is 5.82 Å². The molecule has 1 aliphatic heterocycles. The normalized spacial score (nSPS) is 16.6. The van der Waals surface area contributed by atoms with Crippen molar-refractivity contribution in [1.82, 2.24) is 14.3 Å². The first-order chi connectivity index (χ1) is 9.66. The number of carboxylic acids is 1. The molecule has 0 amide bonds. The third-order valence-corrected chi connectivity index (χ3v) is 3.66. The molecule has 3 heterocycles. The summed E-state index contributed by atoms with van der Waals surface area (Å²) in [6.07, 6.45) is 1.79. The maximum atomic E-state index is 11.3. The molecule has 1 N–H and O–H groups in total. The van der Waals surface area contributed by atoms with E-state index in [2.05, 4.69) is 9.88 Å². The summed E-state index contributed by atoms with van der Waals surface area (Å²) >= 11 is 6.10. The van der Waals surface area contributed by atoms with Crippen LogP contribution in [0.15, 0.2) is 18.3 Å².